The molecule has 0 atom stereocenters. The van der Waals surface area contributed by atoms with Crippen molar-refractivity contribution in [1.29, 1.82) is 0 Å². The summed E-state index contributed by atoms with van der Waals surface area (Å²) in [5.74, 6) is -1.14. The van der Waals surface area contributed by atoms with Gasteiger partial charge < -0.3 is 0 Å². The largest absolute Gasteiger partial charge is 0.243 e. The second-order valence-electron chi connectivity index (χ2n) is 4.74. The first-order chi connectivity index (χ1) is 9.20. The number of nitrogens with one attached hydrogen (secondary N) is 1. The minimum atomic E-state index is -4.07. The summed E-state index contributed by atoms with van der Waals surface area (Å²) < 4.78 is 62.5. The molecule has 1 saturated carbocycles. The topological polar surface area (TPSA) is 106 Å². The Hall–Kier alpha value is -1.03. The first-order valence-electron chi connectivity index (χ1n) is 6.05. The van der Waals surface area contributed by atoms with Gasteiger partial charge in [-0.15, -0.1) is 0 Å². The lowest BCUT2D eigenvalue weighted by atomic mass is 10.3. The van der Waals surface area contributed by atoms with E-state index in [1.807, 2.05) is 0 Å². The molecule has 0 spiro atoms. The Bertz CT molecular complexity index is 710. The molecule has 1 aliphatic rings. The highest BCUT2D eigenvalue weighted by atomic mass is 32.2. The van der Waals surface area contributed by atoms with Crippen molar-refractivity contribution >= 4 is 20.0 Å². The van der Waals surface area contributed by atoms with Crippen LogP contribution in [0.3, 0.4) is 0 Å². The van der Waals surface area contributed by atoms with E-state index in [1.165, 1.54) is 0 Å². The van der Waals surface area contributed by atoms with Crippen LogP contribution in [0, 0.1) is 5.82 Å². The van der Waals surface area contributed by atoms with Gasteiger partial charge >= 0.3 is 0 Å². The molecule has 1 fully saturated rings. The van der Waals surface area contributed by atoms with Crippen molar-refractivity contribution < 1.29 is 21.2 Å². The average Bonchev–Trinajstić information content (AvgIpc) is 2.79. The van der Waals surface area contributed by atoms with Gasteiger partial charge in [0.25, 0.3) is 0 Å². The molecule has 6 nitrogen and oxygen atoms in total. The predicted octanol–water partition coefficient (Wildman–Crippen LogP) is 0.694. The van der Waals surface area contributed by atoms with Crippen LogP contribution in [0.4, 0.5) is 4.39 Å². The van der Waals surface area contributed by atoms with Gasteiger partial charge in [0.05, 0.1) is 4.90 Å². The molecule has 0 bridgehead atoms. The van der Waals surface area contributed by atoms with E-state index in [9.17, 15) is 21.2 Å². The van der Waals surface area contributed by atoms with Gasteiger partial charge in [0, 0.05) is 6.04 Å². The number of rotatable bonds is 4. The van der Waals surface area contributed by atoms with Crippen LogP contribution in [-0.4, -0.2) is 22.9 Å². The van der Waals surface area contributed by atoms with Crippen molar-refractivity contribution in [2.24, 2.45) is 5.14 Å². The van der Waals surface area contributed by atoms with Crippen molar-refractivity contribution in [3.05, 3.63) is 24.0 Å². The zero-order valence-corrected chi connectivity index (χ0v) is 12.2. The molecule has 20 heavy (non-hydrogen) atoms. The maximum atomic E-state index is 13.8. The van der Waals surface area contributed by atoms with E-state index in [4.69, 9.17) is 5.14 Å². The van der Waals surface area contributed by atoms with Gasteiger partial charge in [0.2, 0.25) is 20.0 Å². The Kier molecular flexibility index (Phi) is 4.14. The molecule has 1 aromatic rings. The highest BCUT2D eigenvalue weighted by Crippen LogP contribution is 2.22. The minimum absolute atomic E-state index is 0.197. The maximum absolute atomic E-state index is 13.8. The molecule has 1 aliphatic carbocycles. The predicted molar refractivity (Wildman–Crippen MR) is 70.4 cm³/mol. The fourth-order valence-electron chi connectivity index (χ4n) is 2.20. The van der Waals surface area contributed by atoms with Crippen LogP contribution in [0.15, 0.2) is 28.0 Å². The van der Waals surface area contributed by atoms with Crippen molar-refractivity contribution in [1.82, 2.24) is 4.72 Å². The molecule has 1 aromatic carbocycles. The van der Waals surface area contributed by atoms with Gasteiger partial charge in [-0.3, -0.25) is 0 Å². The molecule has 0 aliphatic heterocycles. The zero-order valence-electron chi connectivity index (χ0n) is 10.5. The summed E-state index contributed by atoms with van der Waals surface area (Å²) in [4.78, 5) is -1.04. The first kappa shape index (κ1) is 15.4. The molecule has 0 radical (unpaired) electrons. The Morgan fingerprint density at radius 3 is 2.25 bits per heavy atom. The molecular formula is C11H15FN2O4S2. The number of halogens is 1. The normalized spacial score (nSPS) is 17.5. The lowest BCUT2D eigenvalue weighted by Gasteiger charge is -2.13. The number of hydrogen-bond donors (Lipinski definition) is 2. The highest BCUT2D eigenvalue weighted by Gasteiger charge is 2.26. The van der Waals surface area contributed by atoms with E-state index in [1.54, 1.807) is 0 Å². The van der Waals surface area contributed by atoms with Crippen molar-refractivity contribution in [2.75, 3.05) is 0 Å². The van der Waals surface area contributed by atoms with E-state index in [0.29, 0.717) is 6.07 Å². The van der Waals surface area contributed by atoms with Gasteiger partial charge in [-0.1, -0.05) is 12.8 Å². The summed E-state index contributed by atoms with van der Waals surface area (Å²) in [6.07, 6.45) is 3.30. The Morgan fingerprint density at radius 1 is 1.15 bits per heavy atom. The van der Waals surface area contributed by atoms with Crippen LogP contribution in [0.2, 0.25) is 0 Å². The summed E-state index contributed by atoms with van der Waals surface area (Å²) in [5, 5.41) is 4.86. The van der Waals surface area contributed by atoms with Crippen LogP contribution in [0.5, 0.6) is 0 Å². The highest BCUT2D eigenvalue weighted by molar-refractivity contribution is 7.89. The van der Waals surface area contributed by atoms with Crippen molar-refractivity contribution in [2.45, 2.75) is 41.5 Å². The molecule has 3 N–H and O–H groups in total. The summed E-state index contributed by atoms with van der Waals surface area (Å²) in [7, 11) is -8.06. The molecule has 112 valence electrons. The quantitative estimate of drug-likeness (QED) is 0.850. The SMILES string of the molecule is NS(=O)(=O)c1ccc(S(=O)(=O)NC2CCCC2)c(F)c1. The summed E-state index contributed by atoms with van der Waals surface area (Å²) >= 11 is 0. The Labute approximate surface area is 117 Å². The zero-order chi connectivity index (χ0) is 15.0. The van der Waals surface area contributed by atoms with Crippen LogP contribution >= 0.6 is 0 Å². The summed E-state index contributed by atoms with van der Waals surface area (Å²) in [5.41, 5.74) is 0. The first-order valence-corrected chi connectivity index (χ1v) is 9.08. The van der Waals surface area contributed by atoms with E-state index < -0.39 is 35.7 Å². The van der Waals surface area contributed by atoms with Gasteiger partial charge in [0.15, 0.2) is 0 Å². The molecular weight excluding hydrogens is 307 g/mol. The summed E-state index contributed by atoms with van der Waals surface area (Å²) in [6.45, 7) is 0. The molecule has 0 saturated heterocycles. The molecule has 9 heteroatoms. The van der Waals surface area contributed by atoms with E-state index in [2.05, 4.69) is 4.72 Å². The fourth-order valence-corrected chi connectivity index (χ4v) is 4.09. The minimum Gasteiger partial charge on any atom is -0.225 e. The molecule has 0 aromatic heterocycles. The molecule has 2 rings (SSSR count). The van der Waals surface area contributed by atoms with Gasteiger partial charge in [-0.2, -0.15) is 0 Å². The number of benzene rings is 1. The van der Waals surface area contributed by atoms with Crippen LogP contribution in [0.25, 0.3) is 0 Å². The fraction of sp³-hybridized carbons (Fsp3) is 0.455. The number of hydrogen-bond acceptors (Lipinski definition) is 4. The number of nitrogens with two attached hydrogens (primary N) is 1. The standard InChI is InChI=1S/C11H15FN2O4S2/c12-10-7-9(19(13,15)16)5-6-11(10)20(17,18)14-8-3-1-2-4-8/h5-8,14H,1-4H2,(H2,13,15,16). The third-order valence-corrected chi connectivity index (χ3v) is 5.66. The van der Waals surface area contributed by atoms with Crippen LogP contribution < -0.4 is 9.86 Å². The third-order valence-electron chi connectivity index (χ3n) is 3.20. The lowest BCUT2D eigenvalue weighted by molar-refractivity contribution is 0.534. The van der Waals surface area contributed by atoms with E-state index in [-0.39, 0.29) is 6.04 Å². The smallest absolute Gasteiger partial charge is 0.225 e. The van der Waals surface area contributed by atoms with E-state index in [0.717, 1.165) is 37.8 Å². The maximum Gasteiger partial charge on any atom is 0.243 e. The molecule has 0 heterocycles. The monoisotopic (exact) mass is 322 g/mol. The van der Waals surface area contributed by atoms with Crippen LogP contribution in [0.1, 0.15) is 25.7 Å². The van der Waals surface area contributed by atoms with Crippen molar-refractivity contribution in [3.8, 4) is 0 Å². The number of sulfonamides is 2. The second-order valence-corrected chi connectivity index (χ2v) is 7.98. The van der Waals surface area contributed by atoms with Gasteiger partial charge in [0.1, 0.15) is 10.7 Å². The Morgan fingerprint density at radius 2 is 1.75 bits per heavy atom. The Balaban J connectivity index is 2.32. The molecule has 0 unspecified atom stereocenters. The van der Waals surface area contributed by atoms with Gasteiger partial charge in [-0.05, 0) is 31.0 Å². The summed E-state index contributed by atoms with van der Waals surface area (Å²) in [6, 6.07) is 2.30. The molecule has 0 amide bonds. The number of primary sulfonamides is 1. The average molecular weight is 322 g/mol. The third kappa shape index (κ3) is 3.35. The lowest BCUT2D eigenvalue weighted by Crippen LogP contribution is -2.33. The van der Waals surface area contributed by atoms with E-state index >= 15 is 0 Å². The second kappa shape index (κ2) is 5.40. The van der Waals surface area contributed by atoms with Crippen molar-refractivity contribution in [3.63, 3.8) is 0 Å². The van der Waals surface area contributed by atoms with Gasteiger partial charge in [-0.25, -0.2) is 31.1 Å². The van der Waals surface area contributed by atoms with Crippen LogP contribution in [-0.2, 0) is 20.0 Å².